The lowest BCUT2D eigenvalue weighted by Gasteiger charge is -2.03. The topological polar surface area (TPSA) is 0 Å². The van der Waals surface area contributed by atoms with Crippen molar-refractivity contribution in [3.8, 4) is 0 Å². The Morgan fingerprint density at radius 1 is 1.50 bits per heavy atom. The molecule has 2 rings (SSSR count). The monoisotopic (exact) mass is 220 g/mol. The van der Waals surface area contributed by atoms with Gasteiger partial charge in [0.25, 0.3) is 0 Å². The first kappa shape index (κ1) is 5.27. The second-order valence-electron chi connectivity index (χ2n) is 2.82. The normalized spacial score (nSPS) is 42.9. The third-order valence-corrected chi connectivity index (χ3v) is 3.50. The summed E-state index contributed by atoms with van der Waals surface area (Å²) in [5.74, 6) is 1.97. The Morgan fingerprint density at radius 2 is 2.38 bits per heavy atom. The molecule has 1 fully saturated rings. The summed E-state index contributed by atoms with van der Waals surface area (Å²) in [6.07, 6.45) is 6.86. The molecule has 1 heteroatoms. The van der Waals surface area contributed by atoms with Gasteiger partial charge in [-0.1, -0.05) is 6.08 Å². The van der Waals surface area contributed by atoms with Crippen molar-refractivity contribution in [2.24, 2.45) is 11.8 Å². The second-order valence-corrected chi connectivity index (χ2v) is 4.07. The van der Waals surface area contributed by atoms with E-state index >= 15 is 0 Å². The fourth-order valence-corrected chi connectivity index (χ4v) is 2.85. The molecule has 0 aromatic carbocycles. The van der Waals surface area contributed by atoms with E-state index < -0.39 is 0 Å². The maximum Gasteiger partial charge on any atom is -0.00999 e. The highest BCUT2D eigenvalue weighted by atomic mass is 127. The highest BCUT2D eigenvalue weighted by Gasteiger charge is 2.30. The van der Waals surface area contributed by atoms with Gasteiger partial charge in [-0.2, -0.15) is 0 Å². The van der Waals surface area contributed by atoms with Crippen molar-refractivity contribution in [3.63, 3.8) is 0 Å². The van der Waals surface area contributed by atoms with Gasteiger partial charge in [0, 0.05) is 0 Å². The summed E-state index contributed by atoms with van der Waals surface area (Å²) < 4.78 is 1.64. The van der Waals surface area contributed by atoms with E-state index in [1.165, 1.54) is 19.3 Å². The molecule has 0 amide bonds. The van der Waals surface area contributed by atoms with E-state index in [4.69, 9.17) is 0 Å². The van der Waals surface area contributed by atoms with E-state index in [-0.39, 0.29) is 0 Å². The van der Waals surface area contributed by atoms with E-state index in [1.807, 2.05) is 0 Å². The van der Waals surface area contributed by atoms with Crippen LogP contribution in [0, 0.1) is 11.8 Å². The summed E-state index contributed by atoms with van der Waals surface area (Å²) in [6, 6.07) is 0. The van der Waals surface area contributed by atoms with Gasteiger partial charge in [-0.25, -0.2) is 0 Å². The molecule has 0 saturated heterocycles. The molecule has 44 valence electrons. The predicted molar refractivity (Wildman–Crippen MR) is 42.9 cm³/mol. The van der Waals surface area contributed by atoms with Crippen LogP contribution in [0.25, 0.3) is 0 Å². The fraction of sp³-hybridized carbons (Fsp3) is 0.714. The van der Waals surface area contributed by atoms with Crippen LogP contribution in [0.15, 0.2) is 9.66 Å². The first-order valence-corrected chi connectivity index (χ1v) is 4.31. The molecule has 8 heavy (non-hydrogen) atoms. The van der Waals surface area contributed by atoms with Gasteiger partial charge in [-0.3, -0.25) is 0 Å². The van der Waals surface area contributed by atoms with Gasteiger partial charge in [-0.05, 0) is 57.3 Å². The van der Waals surface area contributed by atoms with E-state index in [1.54, 1.807) is 3.58 Å². The second kappa shape index (κ2) is 1.72. The lowest BCUT2D eigenvalue weighted by molar-refractivity contribution is 0.689. The predicted octanol–water partition coefficient (Wildman–Crippen LogP) is 2.74. The average Bonchev–Trinajstić information content (AvgIpc) is 2.23. The number of hydrogen-bond acceptors (Lipinski definition) is 0. The summed E-state index contributed by atoms with van der Waals surface area (Å²) in [5, 5.41) is 0. The number of hydrogen-bond donors (Lipinski definition) is 0. The van der Waals surface area contributed by atoms with Crippen LogP contribution in [0.1, 0.15) is 19.3 Å². The van der Waals surface area contributed by atoms with Crippen LogP contribution in [-0.4, -0.2) is 0 Å². The Hall–Kier alpha value is 0.470. The minimum atomic E-state index is 0.979. The Morgan fingerprint density at radius 3 is 2.62 bits per heavy atom. The van der Waals surface area contributed by atoms with Crippen LogP contribution in [0.3, 0.4) is 0 Å². The maximum absolute atomic E-state index is 2.49. The van der Waals surface area contributed by atoms with Crippen molar-refractivity contribution in [1.29, 1.82) is 0 Å². The van der Waals surface area contributed by atoms with Crippen molar-refractivity contribution in [2.45, 2.75) is 19.3 Å². The van der Waals surface area contributed by atoms with Gasteiger partial charge in [0.1, 0.15) is 0 Å². The van der Waals surface area contributed by atoms with Gasteiger partial charge >= 0.3 is 0 Å². The Bertz CT molecular complexity index is 137. The lowest BCUT2D eigenvalue weighted by atomic mass is 10.1. The standard InChI is InChI=1S/C7H9I/c8-7-4-5-1-2-6(7)3-5/h4-6H,1-3H2. The molecule has 2 unspecified atom stereocenters. The van der Waals surface area contributed by atoms with Gasteiger partial charge in [0.05, 0.1) is 0 Å². The fourth-order valence-electron chi connectivity index (χ4n) is 1.78. The van der Waals surface area contributed by atoms with Crippen LogP contribution < -0.4 is 0 Å². The van der Waals surface area contributed by atoms with Crippen molar-refractivity contribution < 1.29 is 0 Å². The SMILES string of the molecule is IC1=CC2CCC1C2. The van der Waals surface area contributed by atoms with E-state index in [0.29, 0.717) is 0 Å². The van der Waals surface area contributed by atoms with Crippen molar-refractivity contribution >= 4 is 22.6 Å². The van der Waals surface area contributed by atoms with E-state index in [2.05, 4.69) is 28.7 Å². The van der Waals surface area contributed by atoms with Crippen molar-refractivity contribution in [2.75, 3.05) is 0 Å². The highest BCUT2D eigenvalue weighted by molar-refractivity contribution is 14.1. The molecule has 2 bridgehead atoms. The molecule has 0 aromatic heterocycles. The third kappa shape index (κ3) is 0.634. The van der Waals surface area contributed by atoms with Gasteiger partial charge < -0.3 is 0 Å². The average molecular weight is 220 g/mol. The molecular formula is C7H9I. The Labute approximate surface area is 63.5 Å². The zero-order valence-electron chi connectivity index (χ0n) is 4.73. The number of rotatable bonds is 0. The quantitative estimate of drug-likeness (QED) is 0.550. The lowest BCUT2D eigenvalue weighted by Crippen LogP contribution is -1.88. The summed E-state index contributed by atoms with van der Waals surface area (Å²) in [7, 11) is 0. The maximum atomic E-state index is 2.49. The molecule has 2 aliphatic carbocycles. The zero-order chi connectivity index (χ0) is 5.56. The molecular weight excluding hydrogens is 211 g/mol. The van der Waals surface area contributed by atoms with Crippen LogP contribution in [-0.2, 0) is 0 Å². The Kier molecular flexibility index (Phi) is 1.14. The van der Waals surface area contributed by atoms with Crippen molar-refractivity contribution in [3.05, 3.63) is 9.66 Å². The van der Waals surface area contributed by atoms with Gasteiger partial charge in [0.15, 0.2) is 0 Å². The molecule has 0 spiro atoms. The smallest absolute Gasteiger partial charge is 0.00999 e. The molecule has 2 atom stereocenters. The highest BCUT2D eigenvalue weighted by Crippen LogP contribution is 2.45. The number of allylic oxidation sites excluding steroid dienone is 2. The van der Waals surface area contributed by atoms with Crippen LogP contribution in [0.4, 0.5) is 0 Å². The molecule has 0 radical (unpaired) electrons. The van der Waals surface area contributed by atoms with Gasteiger partial charge in [-0.15, -0.1) is 0 Å². The molecule has 0 aliphatic heterocycles. The van der Waals surface area contributed by atoms with Crippen LogP contribution in [0.2, 0.25) is 0 Å². The minimum Gasteiger partial charge on any atom is -0.0718 e. The van der Waals surface area contributed by atoms with Crippen LogP contribution in [0.5, 0.6) is 0 Å². The zero-order valence-corrected chi connectivity index (χ0v) is 6.89. The molecule has 0 heterocycles. The largest absolute Gasteiger partial charge is 0.0718 e. The van der Waals surface area contributed by atoms with Crippen molar-refractivity contribution in [1.82, 2.24) is 0 Å². The summed E-state index contributed by atoms with van der Waals surface area (Å²) in [6.45, 7) is 0. The molecule has 0 nitrogen and oxygen atoms in total. The van der Waals surface area contributed by atoms with Crippen LogP contribution >= 0.6 is 22.6 Å². The molecule has 0 N–H and O–H groups in total. The molecule has 1 saturated carbocycles. The minimum absolute atomic E-state index is 0.979. The third-order valence-electron chi connectivity index (χ3n) is 2.26. The summed E-state index contributed by atoms with van der Waals surface area (Å²) in [4.78, 5) is 0. The number of fused-ring (bicyclic) bond motifs is 2. The molecule has 2 aliphatic rings. The van der Waals surface area contributed by atoms with E-state index in [0.717, 1.165) is 11.8 Å². The summed E-state index contributed by atoms with van der Waals surface area (Å²) >= 11 is 2.49. The summed E-state index contributed by atoms with van der Waals surface area (Å²) in [5.41, 5.74) is 0. The van der Waals surface area contributed by atoms with Gasteiger partial charge in [0.2, 0.25) is 0 Å². The first-order valence-electron chi connectivity index (χ1n) is 3.23. The van der Waals surface area contributed by atoms with E-state index in [9.17, 15) is 0 Å². The Balaban J connectivity index is 2.29. The number of halogens is 1. The molecule has 0 aromatic rings. The first-order chi connectivity index (χ1) is 3.86.